The minimum Gasteiger partial charge on any atom is -0.491 e. The molecule has 178 valence electrons. The summed E-state index contributed by atoms with van der Waals surface area (Å²) in [6, 6.07) is 11.3. The zero-order valence-electron chi connectivity index (χ0n) is 18.4. The Hall–Kier alpha value is -1.96. The number of nitrogens with zero attached hydrogens (tertiary/aromatic N) is 2. The van der Waals surface area contributed by atoms with Gasteiger partial charge in [-0.15, -0.1) is 11.6 Å². The Labute approximate surface area is 208 Å². The van der Waals surface area contributed by atoms with Crippen molar-refractivity contribution in [3.8, 4) is 11.5 Å². The second-order valence-corrected chi connectivity index (χ2v) is 9.38. The highest BCUT2D eigenvalue weighted by Gasteiger charge is 2.26. The molecule has 3 rings (SSSR count). The van der Waals surface area contributed by atoms with Gasteiger partial charge in [0.05, 0.1) is 28.8 Å². The minimum absolute atomic E-state index is 0.00413. The summed E-state index contributed by atoms with van der Waals surface area (Å²) in [7, 11) is 0. The van der Waals surface area contributed by atoms with Gasteiger partial charge in [-0.3, -0.25) is 0 Å². The minimum atomic E-state index is -0.803. The van der Waals surface area contributed by atoms with Gasteiger partial charge in [-0.25, -0.2) is 4.98 Å². The molecule has 33 heavy (non-hydrogen) atoms. The average Bonchev–Trinajstić information content (AvgIpc) is 3.30. The normalized spacial score (nSPS) is 13.5. The van der Waals surface area contributed by atoms with Crippen molar-refractivity contribution < 1.29 is 19.7 Å². The molecule has 2 atom stereocenters. The van der Waals surface area contributed by atoms with Crippen LogP contribution in [0.3, 0.4) is 0 Å². The number of aliphatic hydroxyl groups is 2. The SMILES string of the molecule is CC(C)(c1ccc(OC[C@@H](O)Cn2ccnc2)cc1)c1cc(Cl)c(OC[C@H](O)CCl)c(Cl)c1. The zero-order valence-corrected chi connectivity index (χ0v) is 20.7. The molecule has 9 heteroatoms. The van der Waals surface area contributed by atoms with Crippen molar-refractivity contribution >= 4 is 34.8 Å². The summed E-state index contributed by atoms with van der Waals surface area (Å²) >= 11 is 18.5. The molecule has 2 aromatic carbocycles. The Morgan fingerprint density at radius 3 is 2.18 bits per heavy atom. The van der Waals surface area contributed by atoms with E-state index in [0.29, 0.717) is 28.1 Å². The molecule has 1 aromatic heterocycles. The molecule has 0 radical (unpaired) electrons. The molecule has 0 amide bonds. The number of rotatable bonds is 11. The Kier molecular flexibility index (Phi) is 8.90. The Balaban J connectivity index is 1.67. The van der Waals surface area contributed by atoms with Crippen molar-refractivity contribution in [3.63, 3.8) is 0 Å². The van der Waals surface area contributed by atoms with Crippen molar-refractivity contribution in [2.24, 2.45) is 0 Å². The zero-order chi connectivity index (χ0) is 24.0. The number of aromatic nitrogens is 2. The molecule has 0 aliphatic heterocycles. The van der Waals surface area contributed by atoms with Crippen LogP contribution in [-0.4, -0.2) is 51.1 Å². The van der Waals surface area contributed by atoms with Crippen LogP contribution in [0.1, 0.15) is 25.0 Å². The van der Waals surface area contributed by atoms with Gasteiger partial charge in [-0.2, -0.15) is 0 Å². The third-order valence-electron chi connectivity index (χ3n) is 5.32. The molecule has 0 fully saturated rings. The van der Waals surface area contributed by atoms with Crippen molar-refractivity contribution in [2.45, 2.75) is 38.0 Å². The predicted molar refractivity (Wildman–Crippen MR) is 131 cm³/mol. The van der Waals surface area contributed by atoms with Crippen LogP contribution in [0.2, 0.25) is 10.0 Å². The van der Waals surface area contributed by atoms with Crippen molar-refractivity contribution in [1.29, 1.82) is 0 Å². The maximum absolute atomic E-state index is 10.1. The summed E-state index contributed by atoms with van der Waals surface area (Å²) in [6.07, 6.45) is 3.66. The van der Waals surface area contributed by atoms with Gasteiger partial charge in [0, 0.05) is 17.8 Å². The third kappa shape index (κ3) is 6.78. The largest absolute Gasteiger partial charge is 0.491 e. The monoisotopic (exact) mass is 512 g/mol. The van der Waals surface area contributed by atoms with E-state index in [1.165, 1.54) is 0 Å². The summed E-state index contributed by atoms with van der Waals surface area (Å²) in [5.74, 6) is 1.04. The molecular weight excluding hydrogens is 487 g/mol. The lowest BCUT2D eigenvalue weighted by Gasteiger charge is -2.27. The van der Waals surface area contributed by atoms with Crippen LogP contribution < -0.4 is 9.47 Å². The lowest BCUT2D eigenvalue weighted by molar-refractivity contribution is 0.0924. The van der Waals surface area contributed by atoms with E-state index in [4.69, 9.17) is 44.3 Å². The highest BCUT2D eigenvalue weighted by molar-refractivity contribution is 6.37. The number of halogens is 3. The fraction of sp³-hybridized carbons (Fsp3) is 0.375. The van der Waals surface area contributed by atoms with Crippen LogP contribution >= 0.6 is 34.8 Å². The number of hydrogen-bond acceptors (Lipinski definition) is 5. The van der Waals surface area contributed by atoms with Gasteiger partial charge in [-0.05, 0) is 35.4 Å². The molecule has 0 spiro atoms. The van der Waals surface area contributed by atoms with Gasteiger partial charge < -0.3 is 24.3 Å². The predicted octanol–water partition coefficient (Wildman–Crippen LogP) is 4.93. The van der Waals surface area contributed by atoms with Crippen LogP contribution in [0.4, 0.5) is 0 Å². The van der Waals surface area contributed by atoms with Gasteiger partial charge in [-0.1, -0.05) is 49.2 Å². The molecule has 0 unspecified atom stereocenters. The van der Waals surface area contributed by atoms with Gasteiger partial charge in [0.1, 0.15) is 31.2 Å². The second kappa shape index (κ2) is 11.4. The summed E-state index contributed by atoms with van der Waals surface area (Å²) in [4.78, 5) is 3.96. The Morgan fingerprint density at radius 2 is 1.61 bits per heavy atom. The highest BCUT2D eigenvalue weighted by atomic mass is 35.5. The van der Waals surface area contributed by atoms with Crippen molar-refractivity contribution in [3.05, 3.63) is 76.3 Å². The molecule has 1 heterocycles. The molecule has 6 nitrogen and oxygen atoms in total. The van der Waals surface area contributed by atoms with E-state index in [1.807, 2.05) is 36.4 Å². The first kappa shape index (κ1) is 25.7. The number of hydrogen-bond donors (Lipinski definition) is 2. The number of alkyl halides is 1. The van der Waals surface area contributed by atoms with Crippen LogP contribution in [0.15, 0.2) is 55.1 Å². The van der Waals surface area contributed by atoms with Crippen molar-refractivity contribution in [1.82, 2.24) is 9.55 Å². The van der Waals surface area contributed by atoms with Gasteiger partial charge in [0.15, 0.2) is 5.75 Å². The average molecular weight is 514 g/mol. The molecule has 3 aromatic rings. The first-order valence-electron chi connectivity index (χ1n) is 10.4. The van der Waals surface area contributed by atoms with E-state index in [2.05, 4.69) is 18.8 Å². The number of benzene rings is 2. The van der Waals surface area contributed by atoms with E-state index in [0.717, 1.165) is 11.1 Å². The maximum Gasteiger partial charge on any atom is 0.156 e. The Bertz CT molecular complexity index is 1000. The Morgan fingerprint density at radius 1 is 0.970 bits per heavy atom. The van der Waals surface area contributed by atoms with E-state index < -0.39 is 17.6 Å². The standard InChI is InChI=1S/C24H27Cl3N2O4/c1-24(2,17-9-21(26)23(22(27)10-17)33-13-18(30)11-25)16-3-5-20(6-4-16)32-14-19(31)12-29-8-7-28-15-29/h3-10,15,18-19,30-31H,11-14H2,1-2H3/t18-,19+/m1/s1. The van der Waals surface area contributed by atoms with E-state index in [9.17, 15) is 10.2 Å². The highest BCUT2D eigenvalue weighted by Crippen LogP contribution is 2.40. The van der Waals surface area contributed by atoms with E-state index in [1.54, 1.807) is 23.3 Å². The smallest absolute Gasteiger partial charge is 0.156 e. The van der Waals surface area contributed by atoms with Gasteiger partial charge >= 0.3 is 0 Å². The number of aliphatic hydroxyl groups excluding tert-OH is 2. The third-order valence-corrected chi connectivity index (χ3v) is 6.24. The summed E-state index contributed by atoms with van der Waals surface area (Å²) < 4.78 is 13.1. The number of ether oxygens (including phenoxy) is 2. The first-order chi connectivity index (χ1) is 15.7. The van der Waals surface area contributed by atoms with Crippen LogP contribution in [0.5, 0.6) is 11.5 Å². The molecule has 2 N–H and O–H groups in total. The number of imidazole rings is 1. The molecular formula is C24H27Cl3N2O4. The van der Waals surface area contributed by atoms with Crippen LogP contribution in [0, 0.1) is 0 Å². The summed E-state index contributed by atoms with van der Waals surface area (Å²) in [6.45, 7) is 4.72. The van der Waals surface area contributed by atoms with Gasteiger partial charge in [0.25, 0.3) is 0 Å². The fourth-order valence-corrected chi connectivity index (χ4v) is 3.99. The molecule has 0 aliphatic carbocycles. The van der Waals surface area contributed by atoms with E-state index >= 15 is 0 Å². The lowest BCUT2D eigenvalue weighted by atomic mass is 9.78. The molecule has 0 saturated carbocycles. The van der Waals surface area contributed by atoms with Crippen LogP contribution in [-0.2, 0) is 12.0 Å². The molecule has 0 bridgehead atoms. The maximum atomic E-state index is 10.1. The molecule has 0 aliphatic rings. The summed E-state index contributed by atoms with van der Waals surface area (Å²) in [5.41, 5.74) is 1.54. The van der Waals surface area contributed by atoms with E-state index in [-0.39, 0.29) is 19.1 Å². The lowest BCUT2D eigenvalue weighted by Crippen LogP contribution is -2.23. The van der Waals surface area contributed by atoms with Crippen LogP contribution in [0.25, 0.3) is 0 Å². The quantitative estimate of drug-likeness (QED) is 0.355. The fourth-order valence-electron chi connectivity index (χ4n) is 3.30. The topological polar surface area (TPSA) is 76.7 Å². The van der Waals surface area contributed by atoms with Gasteiger partial charge in [0.2, 0.25) is 0 Å². The second-order valence-electron chi connectivity index (χ2n) is 8.26. The molecule has 0 saturated heterocycles. The first-order valence-corrected chi connectivity index (χ1v) is 11.7. The summed E-state index contributed by atoms with van der Waals surface area (Å²) in [5, 5.41) is 20.5. The van der Waals surface area contributed by atoms with Crippen molar-refractivity contribution in [2.75, 3.05) is 19.1 Å².